The first-order chi connectivity index (χ1) is 8.70. The van der Waals surface area contributed by atoms with Crippen LogP contribution < -0.4 is 0 Å². The molecule has 1 aromatic rings. The molecule has 0 aromatic heterocycles. The van der Waals surface area contributed by atoms with Crippen LogP contribution in [0, 0.1) is 11.6 Å². The van der Waals surface area contributed by atoms with Crippen molar-refractivity contribution in [2.45, 2.75) is 51.9 Å². The van der Waals surface area contributed by atoms with Crippen molar-refractivity contribution in [2.75, 3.05) is 0 Å². The first-order valence-corrected chi connectivity index (χ1v) is 6.88. The van der Waals surface area contributed by atoms with E-state index in [0.717, 1.165) is 30.4 Å². The number of allylic oxidation sites excluding steroid dienone is 1. The van der Waals surface area contributed by atoms with Crippen molar-refractivity contribution >= 4 is 6.08 Å². The van der Waals surface area contributed by atoms with Gasteiger partial charge in [-0.2, -0.15) is 0 Å². The van der Waals surface area contributed by atoms with Crippen molar-refractivity contribution in [3.05, 3.63) is 40.5 Å². The summed E-state index contributed by atoms with van der Waals surface area (Å²) < 4.78 is 26.3. The standard InChI is InChI=1S/C16H20F2/c1-2-3-4-5-6-12-7-8-13-10-15(17)16(18)11-14(13)9-12/h9-11H,2-8H2,1H3. The van der Waals surface area contributed by atoms with Gasteiger partial charge in [-0.25, -0.2) is 8.78 Å². The highest BCUT2D eigenvalue weighted by molar-refractivity contribution is 5.59. The molecule has 0 fully saturated rings. The summed E-state index contributed by atoms with van der Waals surface area (Å²) in [7, 11) is 0. The monoisotopic (exact) mass is 250 g/mol. The Hall–Kier alpha value is -1.18. The fraction of sp³-hybridized carbons (Fsp3) is 0.500. The van der Waals surface area contributed by atoms with Crippen LogP contribution in [0.5, 0.6) is 0 Å². The lowest BCUT2D eigenvalue weighted by Gasteiger charge is -2.16. The minimum Gasteiger partial charge on any atom is -0.204 e. The lowest BCUT2D eigenvalue weighted by atomic mass is 9.89. The van der Waals surface area contributed by atoms with Crippen LogP contribution >= 0.6 is 0 Å². The Morgan fingerprint density at radius 1 is 1.00 bits per heavy atom. The van der Waals surface area contributed by atoms with E-state index in [1.165, 1.54) is 43.4 Å². The van der Waals surface area contributed by atoms with E-state index in [2.05, 4.69) is 6.92 Å². The van der Waals surface area contributed by atoms with Crippen LogP contribution in [0.4, 0.5) is 8.78 Å². The predicted molar refractivity (Wildman–Crippen MR) is 71.4 cm³/mol. The van der Waals surface area contributed by atoms with Gasteiger partial charge in [0.05, 0.1) is 0 Å². The average molecular weight is 250 g/mol. The molecular weight excluding hydrogens is 230 g/mol. The summed E-state index contributed by atoms with van der Waals surface area (Å²) in [4.78, 5) is 0. The van der Waals surface area contributed by atoms with Gasteiger partial charge in [-0.3, -0.25) is 0 Å². The molecule has 0 aliphatic heterocycles. The molecule has 0 saturated heterocycles. The smallest absolute Gasteiger partial charge is 0.159 e. The van der Waals surface area contributed by atoms with Crippen LogP contribution in [0.2, 0.25) is 0 Å². The lowest BCUT2D eigenvalue weighted by molar-refractivity contribution is 0.506. The third-order valence-electron chi connectivity index (χ3n) is 3.61. The number of hydrogen-bond donors (Lipinski definition) is 0. The van der Waals surface area contributed by atoms with Crippen LogP contribution in [0.15, 0.2) is 17.7 Å². The Labute approximate surface area is 108 Å². The summed E-state index contributed by atoms with van der Waals surface area (Å²) in [5.41, 5.74) is 3.18. The summed E-state index contributed by atoms with van der Waals surface area (Å²) in [6, 6.07) is 2.67. The van der Waals surface area contributed by atoms with Crippen molar-refractivity contribution in [3.8, 4) is 0 Å². The molecule has 0 saturated carbocycles. The first-order valence-electron chi connectivity index (χ1n) is 6.88. The second kappa shape index (κ2) is 6.12. The van der Waals surface area contributed by atoms with E-state index in [1.807, 2.05) is 6.08 Å². The molecule has 0 nitrogen and oxygen atoms in total. The number of unbranched alkanes of at least 4 members (excludes halogenated alkanes) is 3. The number of benzene rings is 1. The summed E-state index contributed by atoms with van der Waals surface area (Å²) >= 11 is 0. The van der Waals surface area contributed by atoms with Gasteiger partial charge in [0.15, 0.2) is 11.6 Å². The van der Waals surface area contributed by atoms with Crippen molar-refractivity contribution in [1.29, 1.82) is 0 Å². The number of aryl methyl sites for hydroxylation is 1. The van der Waals surface area contributed by atoms with Gasteiger partial charge in [-0.15, -0.1) is 0 Å². The van der Waals surface area contributed by atoms with Crippen LogP contribution in [0.1, 0.15) is 56.6 Å². The SMILES string of the molecule is CCCCCCC1=Cc2cc(F)c(F)cc2CC1. The van der Waals surface area contributed by atoms with Crippen molar-refractivity contribution in [3.63, 3.8) is 0 Å². The molecule has 0 N–H and O–H groups in total. The molecule has 0 radical (unpaired) electrons. The van der Waals surface area contributed by atoms with Gasteiger partial charge in [0.25, 0.3) is 0 Å². The minimum absolute atomic E-state index is 0.728. The van der Waals surface area contributed by atoms with Gasteiger partial charge in [0.1, 0.15) is 0 Å². The lowest BCUT2D eigenvalue weighted by Crippen LogP contribution is -2.02. The van der Waals surface area contributed by atoms with Crippen molar-refractivity contribution in [1.82, 2.24) is 0 Å². The summed E-state index contributed by atoms with van der Waals surface area (Å²) in [6.07, 6.45) is 9.97. The Bertz CT molecular complexity index is 447. The van der Waals surface area contributed by atoms with Crippen LogP contribution in [0.3, 0.4) is 0 Å². The Balaban J connectivity index is 2.03. The average Bonchev–Trinajstić information content (AvgIpc) is 2.36. The molecule has 98 valence electrons. The van der Waals surface area contributed by atoms with E-state index in [0.29, 0.717) is 0 Å². The summed E-state index contributed by atoms with van der Waals surface area (Å²) in [6.45, 7) is 2.20. The topological polar surface area (TPSA) is 0 Å². The molecule has 2 rings (SSSR count). The quantitative estimate of drug-likeness (QED) is 0.625. The third kappa shape index (κ3) is 3.18. The van der Waals surface area contributed by atoms with Gasteiger partial charge in [-0.1, -0.05) is 37.8 Å². The second-order valence-corrected chi connectivity index (χ2v) is 5.08. The predicted octanol–water partition coefficient (Wildman–Crippen LogP) is 5.26. The highest BCUT2D eigenvalue weighted by Gasteiger charge is 2.13. The maximum atomic E-state index is 13.2. The summed E-state index contributed by atoms with van der Waals surface area (Å²) in [5, 5.41) is 0. The van der Waals surface area contributed by atoms with Crippen molar-refractivity contribution in [2.24, 2.45) is 0 Å². The van der Waals surface area contributed by atoms with Crippen molar-refractivity contribution < 1.29 is 8.78 Å². The maximum absolute atomic E-state index is 13.2. The van der Waals surface area contributed by atoms with E-state index < -0.39 is 11.6 Å². The Morgan fingerprint density at radius 2 is 1.78 bits per heavy atom. The number of halogens is 2. The molecule has 0 spiro atoms. The zero-order valence-electron chi connectivity index (χ0n) is 10.9. The molecule has 2 heteroatoms. The highest BCUT2D eigenvalue weighted by Crippen LogP contribution is 2.28. The molecule has 0 amide bonds. The summed E-state index contributed by atoms with van der Waals surface area (Å²) in [5.74, 6) is -1.47. The highest BCUT2D eigenvalue weighted by atomic mass is 19.2. The maximum Gasteiger partial charge on any atom is 0.159 e. The number of rotatable bonds is 5. The molecule has 1 aliphatic rings. The minimum atomic E-state index is -0.739. The fourth-order valence-electron chi connectivity index (χ4n) is 2.52. The zero-order valence-corrected chi connectivity index (χ0v) is 10.9. The van der Waals surface area contributed by atoms with Crippen LogP contribution in [0.25, 0.3) is 6.08 Å². The molecule has 1 aliphatic carbocycles. The van der Waals surface area contributed by atoms with Gasteiger partial charge in [0.2, 0.25) is 0 Å². The molecule has 1 aromatic carbocycles. The number of hydrogen-bond acceptors (Lipinski definition) is 0. The fourth-order valence-corrected chi connectivity index (χ4v) is 2.52. The largest absolute Gasteiger partial charge is 0.204 e. The molecule has 0 bridgehead atoms. The molecular formula is C16H20F2. The van der Waals surface area contributed by atoms with Gasteiger partial charge in [-0.05, 0) is 48.9 Å². The molecule has 0 unspecified atom stereocenters. The number of fused-ring (bicyclic) bond motifs is 1. The van der Waals surface area contributed by atoms with Crippen LogP contribution in [-0.2, 0) is 6.42 Å². The molecule has 0 atom stereocenters. The third-order valence-corrected chi connectivity index (χ3v) is 3.61. The van der Waals surface area contributed by atoms with E-state index >= 15 is 0 Å². The zero-order chi connectivity index (χ0) is 13.0. The van der Waals surface area contributed by atoms with Crippen LogP contribution in [-0.4, -0.2) is 0 Å². The van der Waals surface area contributed by atoms with E-state index in [9.17, 15) is 8.78 Å². The van der Waals surface area contributed by atoms with Gasteiger partial charge >= 0.3 is 0 Å². The van der Waals surface area contributed by atoms with Gasteiger partial charge in [0, 0.05) is 0 Å². The Morgan fingerprint density at radius 3 is 2.56 bits per heavy atom. The van der Waals surface area contributed by atoms with E-state index in [-0.39, 0.29) is 0 Å². The molecule has 0 heterocycles. The first kappa shape index (κ1) is 13.3. The Kier molecular flexibility index (Phi) is 4.51. The normalized spacial score (nSPS) is 14.3. The van der Waals surface area contributed by atoms with E-state index in [1.54, 1.807) is 0 Å². The second-order valence-electron chi connectivity index (χ2n) is 5.08. The van der Waals surface area contributed by atoms with Gasteiger partial charge < -0.3 is 0 Å². The molecule has 18 heavy (non-hydrogen) atoms. The van der Waals surface area contributed by atoms with E-state index in [4.69, 9.17) is 0 Å².